The monoisotopic (exact) mass is 887 g/mol. The van der Waals surface area contributed by atoms with E-state index in [1.165, 1.54) is 205 Å². The molecule has 0 saturated heterocycles. The maximum atomic E-state index is 12.8. The van der Waals surface area contributed by atoms with Crippen molar-refractivity contribution in [3.63, 3.8) is 0 Å². The minimum absolute atomic E-state index is 0.0670. The van der Waals surface area contributed by atoms with Gasteiger partial charge in [0, 0.05) is 19.3 Å². The van der Waals surface area contributed by atoms with E-state index in [-0.39, 0.29) is 31.1 Å². The van der Waals surface area contributed by atoms with Crippen molar-refractivity contribution in [3.05, 3.63) is 24.3 Å². The van der Waals surface area contributed by atoms with Gasteiger partial charge in [-0.05, 0) is 44.9 Å². The number of allylic oxidation sites excluding steroid dienone is 4. The first-order valence-electron chi connectivity index (χ1n) is 27.9. The lowest BCUT2D eigenvalue weighted by atomic mass is 10.0. The molecule has 0 bridgehead atoms. The third-order valence-electron chi connectivity index (χ3n) is 12.5. The first-order chi connectivity index (χ1) is 31.0. The van der Waals surface area contributed by atoms with Crippen molar-refractivity contribution in [1.29, 1.82) is 0 Å². The number of hydrogen-bond acceptors (Lipinski definition) is 6. The number of unbranched alkanes of at least 4 members (excludes halogenated alkanes) is 37. The predicted octanol–water partition coefficient (Wildman–Crippen LogP) is 18.3. The Labute approximate surface area is 392 Å². The molecule has 0 saturated carbocycles. The van der Waals surface area contributed by atoms with Crippen LogP contribution in [0.1, 0.15) is 303 Å². The fourth-order valence-corrected chi connectivity index (χ4v) is 8.26. The molecule has 0 amide bonds. The summed E-state index contributed by atoms with van der Waals surface area (Å²) in [6, 6.07) is 0. The lowest BCUT2D eigenvalue weighted by Gasteiger charge is -2.18. The molecule has 6 heteroatoms. The van der Waals surface area contributed by atoms with E-state index < -0.39 is 6.10 Å². The average Bonchev–Trinajstić information content (AvgIpc) is 3.28. The van der Waals surface area contributed by atoms with E-state index >= 15 is 0 Å². The third kappa shape index (κ3) is 50.7. The SMILES string of the molecule is CCCCC/C=C\C=C/CCCCCCCCCCCCC(=O)OCC(COC(=O)CCCCCCCCCCCC)OC(=O)CCCCCCCCCCCCCCCCCC. The summed E-state index contributed by atoms with van der Waals surface area (Å²) in [5, 5.41) is 0. The van der Waals surface area contributed by atoms with Gasteiger partial charge in [0.2, 0.25) is 0 Å². The summed E-state index contributed by atoms with van der Waals surface area (Å²) >= 11 is 0. The Morgan fingerprint density at radius 1 is 0.317 bits per heavy atom. The zero-order valence-corrected chi connectivity index (χ0v) is 42.4. The summed E-state index contributed by atoms with van der Waals surface area (Å²) in [5.41, 5.74) is 0. The molecule has 0 aromatic carbocycles. The van der Waals surface area contributed by atoms with Crippen molar-refractivity contribution >= 4 is 17.9 Å². The Hall–Kier alpha value is -2.11. The molecular formula is C57H106O6. The van der Waals surface area contributed by atoms with Crippen LogP contribution in [0, 0.1) is 0 Å². The van der Waals surface area contributed by atoms with E-state index in [1.54, 1.807) is 0 Å². The minimum Gasteiger partial charge on any atom is -0.462 e. The number of ether oxygens (including phenoxy) is 3. The zero-order valence-electron chi connectivity index (χ0n) is 42.4. The molecule has 6 nitrogen and oxygen atoms in total. The Morgan fingerprint density at radius 2 is 0.556 bits per heavy atom. The first-order valence-corrected chi connectivity index (χ1v) is 27.9. The van der Waals surface area contributed by atoms with Crippen LogP contribution in [0.25, 0.3) is 0 Å². The summed E-state index contributed by atoms with van der Waals surface area (Å²) in [7, 11) is 0. The van der Waals surface area contributed by atoms with Crippen LogP contribution < -0.4 is 0 Å². The van der Waals surface area contributed by atoms with Crippen LogP contribution in [0.4, 0.5) is 0 Å². The van der Waals surface area contributed by atoms with Gasteiger partial charge in [-0.3, -0.25) is 14.4 Å². The van der Waals surface area contributed by atoms with Crippen molar-refractivity contribution in [2.24, 2.45) is 0 Å². The molecular weight excluding hydrogens is 781 g/mol. The van der Waals surface area contributed by atoms with Crippen molar-refractivity contribution in [3.8, 4) is 0 Å². The molecule has 63 heavy (non-hydrogen) atoms. The van der Waals surface area contributed by atoms with Gasteiger partial charge in [0.25, 0.3) is 0 Å². The lowest BCUT2D eigenvalue weighted by molar-refractivity contribution is -0.167. The summed E-state index contributed by atoms with van der Waals surface area (Å²) in [5.74, 6) is -0.853. The maximum absolute atomic E-state index is 12.8. The summed E-state index contributed by atoms with van der Waals surface area (Å²) in [6.45, 7) is 6.64. The Kier molecular flexibility index (Phi) is 50.8. The number of carbonyl (C=O) groups excluding carboxylic acids is 3. The van der Waals surface area contributed by atoms with Gasteiger partial charge in [-0.25, -0.2) is 0 Å². The van der Waals surface area contributed by atoms with Gasteiger partial charge in [0.05, 0.1) is 0 Å². The molecule has 0 fully saturated rings. The standard InChI is InChI=1S/C57H106O6/c1-4-7-10-13-16-19-22-24-26-28-29-30-32-33-35-38-41-44-47-50-56(59)62-53-54(52-61-55(58)49-46-43-40-37-21-18-15-12-9-6-3)63-57(60)51-48-45-42-39-36-34-31-27-25-23-20-17-14-11-8-5-2/h16,19,22,24,54H,4-15,17-18,20-21,23,25-53H2,1-3H3/b19-16-,24-22-. The smallest absolute Gasteiger partial charge is 0.306 e. The van der Waals surface area contributed by atoms with Crippen LogP contribution in [0.5, 0.6) is 0 Å². The van der Waals surface area contributed by atoms with Crippen LogP contribution in [0.3, 0.4) is 0 Å². The molecule has 1 unspecified atom stereocenters. The highest BCUT2D eigenvalue weighted by Crippen LogP contribution is 2.17. The van der Waals surface area contributed by atoms with Gasteiger partial charge in [-0.15, -0.1) is 0 Å². The number of esters is 3. The molecule has 0 aliphatic rings. The summed E-state index contributed by atoms with van der Waals surface area (Å²) in [6.07, 6.45) is 60.2. The highest BCUT2D eigenvalue weighted by atomic mass is 16.6. The molecule has 0 aliphatic heterocycles. The molecule has 370 valence electrons. The highest BCUT2D eigenvalue weighted by Gasteiger charge is 2.19. The van der Waals surface area contributed by atoms with Gasteiger partial charge in [-0.2, -0.15) is 0 Å². The average molecular weight is 887 g/mol. The van der Waals surface area contributed by atoms with Crippen LogP contribution in [-0.4, -0.2) is 37.2 Å². The van der Waals surface area contributed by atoms with Crippen molar-refractivity contribution in [1.82, 2.24) is 0 Å². The summed E-state index contributed by atoms with van der Waals surface area (Å²) < 4.78 is 16.8. The largest absolute Gasteiger partial charge is 0.462 e. The fraction of sp³-hybridized carbons (Fsp3) is 0.877. The highest BCUT2D eigenvalue weighted by molar-refractivity contribution is 5.71. The molecule has 0 aliphatic carbocycles. The first kappa shape index (κ1) is 60.9. The van der Waals surface area contributed by atoms with Crippen molar-refractivity contribution < 1.29 is 28.6 Å². The molecule has 0 spiro atoms. The second-order valence-corrected chi connectivity index (χ2v) is 18.9. The second-order valence-electron chi connectivity index (χ2n) is 18.9. The molecule has 0 aromatic heterocycles. The van der Waals surface area contributed by atoms with Gasteiger partial charge >= 0.3 is 17.9 Å². The maximum Gasteiger partial charge on any atom is 0.306 e. The van der Waals surface area contributed by atoms with E-state index in [0.29, 0.717) is 19.3 Å². The topological polar surface area (TPSA) is 78.9 Å². The van der Waals surface area contributed by atoms with Crippen LogP contribution in [-0.2, 0) is 28.6 Å². The van der Waals surface area contributed by atoms with Crippen LogP contribution in [0.15, 0.2) is 24.3 Å². The Balaban J connectivity index is 4.27. The number of carbonyl (C=O) groups is 3. The van der Waals surface area contributed by atoms with Crippen molar-refractivity contribution in [2.45, 2.75) is 309 Å². The third-order valence-corrected chi connectivity index (χ3v) is 12.5. The van der Waals surface area contributed by atoms with E-state index in [0.717, 1.165) is 57.8 Å². The van der Waals surface area contributed by atoms with Gasteiger partial charge in [0.15, 0.2) is 6.10 Å². The molecule has 0 N–H and O–H groups in total. The number of hydrogen-bond donors (Lipinski definition) is 0. The normalized spacial score (nSPS) is 12.1. The molecule has 0 heterocycles. The molecule has 0 rings (SSSR count). The molecule has 1 atom stereocenters. The zero-order chi connectivity index (χ0) is 45.8. The molecule has 0 radical (unpaired) electrons. The van der Waals surface area contributed by atoms with E-state index in [1.807, 2.05) is 0 Å². The fourth-order valence-electron chi connectivity index (χ4n) is 8.26. The number of rotatable bonds is 51. The van der Waals surface area contributed by atoms with Gasteiger partial charge < -0.3 is 14.2 Å². The van der Waals surface area contributed by atoms with Crippen molar-refractivity contribution in [2.75, 3.05) is 13.2 Å². The summed E-state index contributed by atoms with van der Waals surface area (Å²) in [4.78, 5) is 38.0. The van der Waals surface area contributed by atoms with Gasteiger partial charge in [-0.1, -0.05) is 263 Å². The lowest BCUT2D eigenvalue weighted by Crippen LogP contribution is -2.30. The second kappa shape index (κ2) is 52.5. The molecule has 0 aromatic rings. The Morgan fingerprint density at radius 3 is 0.873 bits per heavy atom. The minimum atomic E-state index is -0.766. The predicted molar refractivity (Wildman–Crippen MR) is 270 cm³/mol. The van der Waals surface area contributed by atoms with E-state index in [4.69, 9.17) is 14.2 Å². The van der Waals surface area contributed by atoms with Crippen LogP contribution >= 0.6 is 0 Å². The Bertz CT molecular complexity index is 1020. The van der Waals surface area contributed by atoms with E-state index in [2.05, 4.69) is 45.1 Å². The van der Waals surface area contributed by atoms with Gasteiger partial charge in [0.1, 0.15) is 13.2 Å². The van der Waals surface area contributed by atoms with Crippen LogP contribution in [0.2, 0.25) is 0 Å². The quantitative estimate of drug-likeness (QED) is 0.0262. The van der Waals surface area contributed by atoms with E-state index in [9.17, 15) is 14.4 Å².